The molecule has 0 fully saturated rings. The van der Waals surface area contributed by atoms with Crippen molar-refractivity contribution >= 4 is 24.2 Å². The number of aliphatic hydroxyl groups is 1. The van der Waals surface area contributed by atoms with Gasteiger partial charge in [-0.15, -0.1) is 0 Å². The van der Waals surface area contributed by atoms with Gasteiger partial charge in [0.25, 0.3) is 0 Å². The summed E-state index contributed by atoms with van der Waals surface area (Å²) >= 11 is 5.79. The molecule has 0 spiro atoms. The van der Waals surface area contributed by atoms with Crippen molar-refractivity contribution in [3.63, 3.8) is 0 Å². The van der Waals surface area contributed by atoms with E-state index >= 15 is 0 Å². The number of hydrogen-bond acceptors (Lipinski definition) is 3. The molecule has 0 aliphatic carbocycles. The minimum absolute atomic E-state index is 0.285. The number of aliphatic imine (C=N–C) groups is 1. The van der Waals surface area contributed by atoms with Gasteiger partial charge < -0.3 is 10.0 Å². The standard InChI is InChI=1S/C13H15ClN2O2/c1-10(13(18)8-17)15-9-16(2)7-11-3-5-12(14)6-4-11/h3-6,8-9,18H,7H2,1-2H3/b13-10+,15-9?. The molecular formula is C13H15ClN2O2. The van der Waals surface area contributed by atoms with Gasteiger partial charge in [0.05, 0.1) is 12.0 Å². The van der Waals surface area contributed by atoms with Gasteiger partial charge in [0.1, 0.15) is 0 Å². The van der Waals surface area contributed by atoms with Gasteiger partial charge in [-0.25, -0.2) is 4.99 Å². The minimum atomic E-state index is -0.355. The second-order valence-corrected chi connectivity index (χ2v) is 4.31. The lowest BCUT2D eigenvalue weighted by atomic mass is 10.2. The number of rotatable bonds is 5. The van der Waals surface area contributed by atoms with Crippen molar-refractivity contribution in [3.05, 3.63) is 46.3 Å². The molecule has 1 aromatic carbocycles. The molecule has 1 aromatic rings. The summed E-state index contributed by atoms with van der Waals surface area (Å²) in [6.45, 7) is 2.23. The van der Waals surface area contributed by atoms with Crippen LogP contribution in [-0.4, -0.2) is 29.7 Å². The Morgan fingerprint density at radius 3 is 2.61 bits per heavy atom. The van der Waals surface area contributed by atoms with Crippen LogP contribution in [0.3, 0.4) is 0 Å². The lowest BCUT2D eigenvalue weighted by Gasteiger charge is -2.13. The molecular weight excluding hydrogens is 252 g/mol. The first-order valence-corrected chi connectivity index (χ1v) is 5.74. The van der Waals surface area contributed by atoms with Crippen LogP contribution in [0.25, 0.3) is 0 Å². The number of aldehydes is 1. The number of hydrogen-bond donors (Lipinski definition) is 1. The Balaban J connectivity index is 2.62. The van der Waals surface area contributed by atoms with Crippen molar-refractivity contribution in [2.75, 3.05) is 7.05 Å². The van der Waals surface area contributed by atoms with E-state index in [2.05, 4.69) is 4.99 Å². The number of carbonyl (C=O) groups excluding carboxylic acids is 1. The van der Waals surface area contributed by atoms with Gasteiger partial charge in [0.2, 0.25) is 0 Å². The number of carbonyl (C=O) groups is 1. The summed E-state index contributed by atoms with van der Waals surface area (Å²) in [7, 11) is 1.85. The van der Waals surface area contributed by atoms with Crippen molar-refractivity contribution in [2.24, 2.45) is 4.99 Å². The molecule has 1 N–H and O–H groups in total. The van der Waals surface area contributed by atoms with Gasteiger partial charge in [-0.2, -0.15) is 0 Å². The predicted octanol–water partition coefficient (Wildman–Crippen LogP) is 2.79. The van der Waals surface area contributed by atoms with Crippen molar-refractivity contribution in [1.29, 1.82) is 0 Å². The normalized spacial score (nSPS) is 12.4. The Labute approximate surface area is 111 Å². The molecule has 0 atom stereocenters. The van der Waals surface area contributed by atoms with E-state index in [-0.39, 0.29) is 11.5 Å². The van der Waals surface area contributed by atoms with Crippen LogP contribution in [0.1, 0.15) is 12.5 Å². The average Bonchev–Trinajstić information content (AvgIpc) is 2.37. The smallest absolute Gasteiger partial charge is 0.186 e. The van der Waals surface area contributed by atoms with E-state index in [4.69, 9.17) is 16.7 Å². The summed E-state index contributed by atoms with van der Waals surface area (Å²) in [6, 6.07) is 7.51. The molecule has 0 heterocycles. The fourth-order valence-corrected chi connectivity index (χ4v) is 1.38. The highest BCUT2D eigenvalue weighted by Gasteiger charge is 1.98. The van der Waals surface area contributed by atoms with Crippen LogP contribution >= 0.6 is 11.6 Å². The van der Waals surface area contributed by atoms with Crippen molar-refractivity contribution < 1.29 is 9.90 Å². The molecule has 0 aliphatic heterocycles. The van der Waals surface area contributed by atoms with Gasteiger partial charge in [-0.05, 0) is 24.6 Å². The molecule has 0 amide bonds. The molecule has 0 bridgehead atoms. The maximum Gasteiger partial charge on any atom is 0.186 e. The molecule has 0 saturated carbocycles. The van der Waals surface area contributed by atoms with Crippen LogP contribution < -0.4 is 0 Å². The van der Waals surface area contributed by atoms with E-state index in [9.17, 15) is 4.79 Å². The molecule has 18 heavy (non-hydrogen) atoms. The molecule has 5 heteroatoms. The SMILES string of the molecule is C/C(N=CN(C)Cc1ccc(Cl)cc1)=C(\O)C=O. The average molecular weight is 267 g/mol. The Kier molecular flexibility index (Phi) is 5.39. The summed E-state index contributed by atoms with van der Waals surface area (Å²) in [4.78, 5) is 16.1. The fraction of sp³-hybridized carbons (Fsp3) is 0.231. The lowest BCUT2D eigenvalue weighted by molar-refractivity contribution is -0.107. The van der Waals surface area contributed by atoms with E-state index in [0.717, 1.165) is 5.56 Å². The molecule has 0 unspecified atom stereocenters. The first kappa shape index (κ1) is 14.3. The highest BCUT2D eigenvalue weighted by molar-refractivity contribution is 6.30. The summed E-state index contributed by atoms with van der Waals surface area (Å²) in [5.74, 6) is -0.355. The van der Waals surface area contributed by atoms with E-state index in [1.54, 1.807) is 13.3 Å². The van der Waals surface area contributed by atoms with Crippen LogP contribution in [0.5, 0.6) is 0 Å². The minimum Gasteiger partial charge on any atom is -0.503 e. The molecule has 96 valence electrons. The summed E-state index contributed by atoms with van der Waals surface area (Å²) in [6.07, 6.45) is 1.93. The lowest BCUT2D eigenvalue weighted by Crippen LogP contribution is -2.15. The summed E-state index contributed by atoms with van der Waals surface area (Å²) in [5.41, 5.74) is 1.38. The Bertz CT molecular complexity index is 466. The molecule has 0 aliphatic rings. The van der Waals surface area contributed by atoms with E-state index in [1.165, 1.54) is 0 Å². The monoisotopic (exact) mass is 266 g/mol. The van der Waals surface area contributed by atoms with Crippen LogP contribution in [0, 0.1) is 0 Å². The fourth-order valence-electron chi connectivity index (χ4n) is 1.26. The highest BCUT2D eigenvalue weighted by Crippen LogP contribution is 2.10. The zero-order valence-electron chi connectivity index (χ0n) is 10.3. The molecule has 0 saturated heterocycles. The van der Waals surface area contributed by atoms with Crippen molar-refractivity contribution in [3.8, 4) is 0 Å². The largest absolute Gasteiger partial charge is 0.503 e. The second-order valence-electron chi connectivity index (χ2n) is 3.87. The molecule has 0 radical (unpaired) electrons. The van der Waals surface area contributed by atoms with Crippen molar-refractivity contribution in [2.45, 2.75) is 13.5 Å². The van der Waals surface area contributed by atoms with Gasteiger partial charge in [-0.1, -0.05) is 23.7 Å². The van der Waals surface area contributed by atoms with Crippen LogP contribution in [0.15, 0.2) is 40.7 Å². The van der Waals surface area contributed by atoms with Crippen LogP contribution in [0.4, 0.5) is 0 Å². The summed E-state index contributed by atoms with van der Waals surface area (Å²) < 4.78 is 0. The first-order valence-electron chi connectivity index (χ1n) is 5.37. The summed E-state index contributed by atoms with van der Waals surface area (Å²) in [5, 5.41) is 9.82. The number of benzene rings is 1. The quantitative estimate of drug-likeness (QED) is 0.293. The van der Waals surface area contributed by atoms with Crippen molar-refractivity contribution in [1.82, 2.24) is 4.90 Å². The highest BCUT2D eigenvalue weighted by atomic mass is 35.5. The number of aliphatic hydroxyl groups excluding tert-OH is 1. The van der Waals surface area contributed by atoms with Gasteiger partial charge in [-0.3, -0.25) is 4.79 Å². The number of nitrogens with zero attached hydrogens (tertiary/aromatic N) is 2. The molecule has 0 aromatic heterocycles. The Morgan fingerprint density at radius 2 is 2.06 bits per heavy atom. The number of allylic oxidation sites excluding steroid dienone is 2. The van der Waals surface area contributed by atoms with Gasteiger partial charge in [0, 0.05) is 18.6 Å². The van der Waals surface area contributed by atoms with E-state index in [1.807, 2.05) is 36.2 Å². The third-order valence-corrected chi connectivity index (χ3v) is 2.53. The zero-order valence-corrected chi connectivity index (χ0v) is 11.1. The first-order chi connectivity index (χ1) is 8.52. The molecule has 1 rings (SSSR count). The van der Waals surface area contributed by atoms with E-state index < -0.39 is 0 Å². The number of halogens is 1. The maximum absolute atomic E-state index is 10.3. The maximum atomic E-state index is 10.3. The van der Waals surface area contributed by atoms with Gasteiger partial charge >= 0.3 is 0 Å². The predicted molar refractivity (Wildman–Crippen MR) is 72.8 cm³/mol. The van der Waals surface area contributed by atoms with Gasteiger partial charge in [0.15, 0.2) is 12.0 Å². The topological polar surface area (TPSA) is 52.9 Å². The van der Waals surface area contributed by atoms with Crippen LogP contribution in [0.2, 0.25) is 5.02 Å². The zero-order chi connectivity index (χ0) is 13.5. The third-order valence-electron chi connectivity index (χ3n) is 2.28. The third kappa shape index (κ3) is 4.59. The second kappa shape index (κ2) is 6.81. The molecule has 4 nitrogen and oxygen atoms in total. The Morgan fingerprint density at radius 1 is 1.44 bits per heavy atom. The Hall–Kier alpha value is -1.81. The van der Waals surface area contributed by atoms with E-state index in [0.29, 0.717) is 17.9 Å². The van der Waals surface area contributed by atoms with Crippen LogP contribution in [-0.2, 0) is 11.3 Å².